The molecule has 1 aromatic carbocycles. The molecule has 0 bridgehead atoms. The van der Waals surface area contributed by atoms with Crippen LogP contribution >= 0.6 is 0 Å². The summed E-state index contributed by atoms with van der Waals surface area (Å²) in [5, 5.41) is 10.7. The fourth-order valence-electron chi connectivity index (χ4n) is 4.31. The zero-order valence-corrected chi connectivity index (χ0v) is 15.5. The van der Waals surface area contributed by atoms with Gasteiger partial charge in [0, 0.05) is 64.2 Å². The lowest BCUT2D eigenvalue weighted by Gasteiger charge is -2.45. The van der Waals surface area contributed by atoms with Gasteiger partial charge >= 0.3 is 0 Å². The molecule has 1 N–H and O–H groups in total. The van der Waals surface area contributed by atoms with Gasteiger partial charge in [0.05, 0.1) is 11.8 Å². The maximum absolute atomic E-state index is 14.0. The summed E-state index contributed by atoms with van der Waals surface area (Å²) in [6.07, 6.45) is 4.28. The molecule has 2 atom stereocenters. The van der Waals surface area contributed by atoms with E-state index in [-0.39, 0.29) is 18.0 Å². The number of anilines is 1. The van der Waals surface area contributed by atoms with Crippen LogP contribution in [0.1, 0.15) is 12.0 Å². The number of benzene rings is 1. The first-order valence-electron chi connectivity index (χ1n) is 9.73. The maximum Gasteiger partial charge on any atom is 0.146 e. The number of piperidine rings is 1. The molecule has 0 amide bonds. The van der Waals surface area contributed by atoms with Gasteiger partial charge in [-0.05, 0) is 30.2 Å². The Morgan fingerprint density at radius 2 is 1.85 bits per heavy atom. The molecule has 0 saturated carbocycles. The molecule has 2 fully saturated rings. The zero-order valence-electron chi connectivity index (χ0n) is 15.5. The SMILES string of the molecule is O[C@@H]1CN(Cc2cccnc2)CC[C@H]1N1CCN(c2ccccc2F)CC1. The molecule has 2 aliphatic heterocycles. The Balaban J connectivity index is 1.30. The second kappa shape index (κ2) is 8.33. The van der Waals surface area contributed by atoms with Crippen LogP contribution in [0.4, 0.5) is 10.1 Å². The Morgan fingerprint density at radius 3 is 2.56 bits per heavy atom. The van der Waals surface area contributed by atoms with E-state index in [1.165, 1.54) is 11.6 Å². The van der Waals surface area contributed by atoms with Gasteiger partial charge in [-0.1, -0.05) is 18.2 Å². The second-order valence-electron chi connectivity index (χ2n) is 7.49. The van der Waals surface area contributed by atoms with Crippen molar-refractivity contribution in [3.8, 4) is 0 Å². The zero-order chi connectivity index (χ0) is 18.6. The van der Waals surface area contributed by atoms with E-state index in [1.807, 2.05) is 24.4 Å². The standard InChI is InChI=1S/C21H27FN4O/c22-18-5-1-2-6-19(18)25-10-12-26(13-11-25)20-7-9-24(16-21(20)27)15-17-4-3-8-23-14-17/h1-6,8,14,20-21,27H,7,9-13,15-16H2/t20-,21-/m1/s1. The number of aromatic nitrogens is 1. The van der Waals surface area contributed by atoms with E-state index in [0.717, 1.165) is 45.7 Å². The van der Waals surface area contributed by atoms with E-state index in [0.29, 0.717) is 12.2 Å². The molecule has 2 aliphatic rings. The molecule has 1 aromatic heterocycles. The maximum atomic E-state index is 14.0. The van der Waals surface area contributed by atoms with Gasteiger partial charge in [0.1, 0.15) is 5.82 Å². The number of hydrogen-bond donors (Lipinski definition) is 1. The van der Waals surface area contributed by atoms with E-state index in [9.17, 15) is 9.50 Å². The average molecular weight is 370 g/mol. The number of halogens is 1. The molecule has 0 spiro atoms. The van der Waals surface area contributed by atoms with E-state index in [2.05, 4.69) is 25.8 Å². The summed E-state index contributed by atoms with van der Waals surface area (Å²) in [6, 6.07) is 11.2. The monoisotopic (exact) mass is 370 g/mol. The Kier molecular flexibility index (Phi) is 5.66. The highest BCUT2D eigenvalue weighted by molar-refractivity contribution is 5.48. The lowest BCUT2D eigenvalue weighted by molar-refractivity contribution is -0.0172. The first-order valence-corrected chi connectivity index (χ1v) is 9.73. The van der Waals surface area contributed by atoms with Gasteiger partial charge < -0.3 is 10.0 Å². The van der Waals surface area contributed by atoms with Crippen LogP contribution in [-0.4, -0.2) is 71.3 Å². The third-order valence-corrected chi connectivity index (χ3v) is 5.74. The summed E-state index contributed by atoms with van der Waals surface area (Å²) < 4.78 is 14.0. The lowest BCUT2D eigenvalue weighted by Crippen LogP contribution is -2.58. The van der Waals surface area contributed by atoms with Crippen molar-refractivity contribution >= 4 is 5.69 Å². The number of likely N-dealkylation sites (tertiary alicyclic amines) is 1. The van der Waals surface area contributed by atoms with Crippen LogP contribution in [-0.2, 0) is 6.54 Å². The van der Waals surface area contributed by atoms with E-state index >= 15 is 0 Å². The molecular formula is C21H27FN4O. The molecular weight excluding hydrogens is 343 g/mol. The normalized spacial score (nSPS) is 24.9. The smallest absolute Gasteiger partial charge is 0.146 e. The molecule has 2 saturated heterocycles. The molecule has 0 radical (unpaired) electrons. The molecule has 0 unspecified atom stereocenters. The van der Waals surface area contributed by atoms with Gasteiger partial charge in [-0.25, -0.2) is 4.39 Å². The summed E-state index contributed by atoms with van der Waals surface area (Å²) >= 11 is 0. The first-order chi connectivity index (χ1) is 13.2. The number of pyridine rings is 1. The average Bonchev–Trinajstić information content (AvgIpc) is 2.70. The highest BCUT2D eigenvalue weighted by Gasteiger charge is 2.33. The number of β-amino-alcohol motifs (C(OH)–C–C–N with tert-alkyl or cyclic N) is 1. The van der Waals surface area contributed by atoms with Crippen molar-refractivity contribution in [2.75, 3.05) is 44.2 Å². The summed E-state index contributed by atoms with van der Waals surface area (Å²) in [5.74, 6) is -0.158. The molecule has 27 heavy (non-hydrogen) atoms. The Hall–Kier alpha value is -2.02. The molecule has 3 heterocycles. The minimum atomic E-state index is -0.351. The van der Waals surface area contributed by atoms with Crippen LogP contribution in [0.25, 0.3) is 0 Å². The number of aliphatic hydroxyl groups excluding tert-OH is 1. The second-order valence-corrected chi connectivity index (χ2v) is 7.49. The Labute approximate surface area is 160 Å². The molecule has 4 rings (SSSR count). The Morgan fingerprint density at radius 1 is 1.04 bits per heavy atom. The van der Waals surface area contributed by atoms with Gasteiger partial charge in [-0.3, -0.25) is 14.8 Å². The van der Waals surface area contributed by atoms with E-state index in [4.69, 9.17) is 0 Å². The summed E-state index contributed by atoms with van der Waals surface area (Å²) in [6.45, 7) is 5.81. The fourth-order valence-corrected chi connectivity index (χ4v) is 4.31. The predicted molar refractivity (Wildman–Crippen MR) is 104 cm³/mol. The van der Waals surface area contributed by atoms with Crippen LogP contribution in [0.15, 0.2) is 48.8 Å². The van der Waals surface area contributed by atoms with Gasteiger partial charge in [0.25, 0.3) is 0 Å². The minimum Gasteiger partial charge on any atom is -0.390 e. The fraction of sp³-hybridized carbons (Fsp3) is 0.476. The van der Waals surface area contributed by atoms with Crippen LogP contribution < -0.4 is 4.90 Å². The summed E-state index contributed by atoms with van der Waals surface area (Å²) in [5.41, 5.74) is 1.87. The van der Waals surface area contributed by atoms with Crippen molar-refractivity contribution in [2.24, 2.45) is 0 Å². The number of rotatable bonds is 4. The Bertz CT molecular complexity index is 736. The van der Waals surface area contributed by atoms with E-state index < -0.39 is 0 Å². The van der Waals surface area contributed by atoms with Crippen LogP contribution in [0, 0.1) is 5.82 Å². The molecule has 6 heteroatoms. The van der Waals surface area contributed by atoms with E-state index in [1.54, 1.807) is 12.3 Å². The van der Waals surface area contributed by atoms with Crippen LogP contribution in [0.2, 0.25) is 0 Å². The van der Waals surface area contributed by atoms with Crippen molar-refractivity contribution < 1.29 is 9.50 Å². The topological polar surface area (TPSA) is 42.8 Å². The molecule has 2 aromatic rings. The third-order valence-electron chi connectivity index (χ3n) is 5.74. The first kappa shape index (κ1) is 18.3. The van der Waals surface area contributed by atoms with Gasteiger partial charge in [-0.2, -0.15) is 0 Å². The van der Waals surface area contributed by atoms with Crippen molar-refractivity contribution in [3.05, 3.63) is 60.2 Å². The molecule has 5 nitrogen and oxygen atoms in total. The minimum absolute atomic E-state index is 0.158. The van der Waals surface area contributed by atoms with Gasteiger partial charge in [0.15, 0.2) is 0 Å². The van der Waals surface area contributed by atoms with Crippen molar-refractivity contribution in [1.82, 2.24) is 14.8 Å². The van der Waals surface area contributed by atoms with Crippen molar-refractivity contribution in [2.45, 2.75) is 25.1 Å². The van der Waals surface area contributed by atoms with Gasteiger partial charge in [-0.15, -0.1) is 0 Å². The highest BCUT2D eigenvalue weighted by atomic mass is 19.1. The van der Waals surface area contributed by atoms with Crippen molar-refractivity contribution in [1.29, 1.82) is 0 Å². The number of para-hydroxylation sites is 1. The van der Waals surface area contributed by atoms with Crippen molar-refractivity contribution in [3.63, 3.8) is 0 Å². The number of aliphatic hydroxyl groups is 1. The summed E-state index contributed by atoms with van der Waals surface area (Å²) in [4.78, 5) is 11.0. The third kappa shape index (κ3) is 4.29. The predicted octanol–water partition coefficient (Wildman–Crippen LogP) is 1.98. The number of hydrogen-bond acceptors (Lipinski definition) is 5. The number of piperazine rings is 1. The largest absolute Gasteiger partial charge is 0.390 e. The summed E-state index contributed by atoms with van der Waals surface area (Å²) in [7, 11) is 0. The lowest BCUT2D eigenvalue weighted by atomic mass is 9.98. The quantitative estimate of drug-likeness (QED) is 0.892. The van der Waals surface area contributed by atoms with Crippen LogP contribution in [0.3, 0.4) is 0 Å². The molecule has 0 aliphatic carbocycles. The van der Waals surface area contributed by atoms with Crippen LogP contribution in [0.5, 0.6) is 0 Å². The number of nitrogens with zero attached hydrogens (tertiary/aromatic N) is 4. The molecule has 144 valence electrons. The van der Waals surface area contributed by atoms with Gasteiger partial charge in [0.2, 0.25) is 0 Å². The highest BCUT2D eigenvalue weighted by Crippen LogP contribution is 2.24.